The predicted octanol–water partition coefficient (Wildman–Crippen LogP) is 2.66. The summed E-state index contributed by atoms with van der Waals surface area (Å²) in [7, 11) is 1.40. The molecule has 0 spiro atoms. The first-order valence-corrected chi connectivity index (χ1v) is 6.91. The maximum Gasteiger partial charge on any atom is 0.339 e. The first-order chi connectivity index (χ1) is 9.92. The van der Waals surface area contributed by atoms with Gasteiger partial charge in [0, 0.05) is 24.3 Å². The number of hydrogen-bond acceptors (Lipinski definition) is 3. The highest BCUT2D eigenvalue weighted by Crippen LogP contribution is 2.26. The molecule has 1 fully saturated rings. The molecule has 114 valence electrons. The minimum absolute atomic E-state index is 0.0682. The van der Waals surface area contributed by atoms with Crippen molar-refractivity contribution in [3.05, 3.63) is 23.8 Å². The first kappa shape index (κ1) is 15.2. The van der Waals surface area contributed by atoms with Gasteiger partial charge in [-0.3, -0.25) is 0 Å². The Bertz CT molecular complexity index is 559. The Hall–Kier alpha value is -2.24. The number of anilines is 1. The van der Waals surface area contributed by atoms with E-state index in [0.29, 0.717) is 11.6 Å². The van der Waals surface area contributed by atoms with Gasteiger partial charge in [0.1, 0.15) is 11.3 Å². The number of urea groups is 1. The Kier molecular flexibility index (Phi) is 4.35. The molecule has 2 amide bonds. The molecule has 2 unspecified atom stereocenters. The molecule has 6 heteroatoms. The third-order valence-corrected chi connectivity index (χ3v) is 3.73. The maximum atomic E-state index is 12.2. The van der Waals surface area contributed by atoms with E-state index in [9.17, 15) is 9.59 Å². The summed E-state index contributed by atoms with van der Waals surface area (Å²) >= 11 is 0. The predicted molar refractivity (Wildman–Crippen MR) is 78.9 cm³/mol. The molecule has 1 aromatic carbocycles. The zero-order valence-corrected chi connectivity index (χ0v) is 12.4. The Morgan fingerprint density at radius 3 is 2.62 bits per heavy atom. The van der Waals surface area contributed by atoms with Gasteiger partial charge < -0.3 is 20.1 Å². The lowest BCUT2D eigenvalue weighted by atomic mass is 10.1. The van der Waals surface area contributed by atoms with Crippen molar-refractivity contribution in [1.82, 2.24) is 4.90 Å². The molecule has 2 rings (SSSR count). The third-order valence-electron chi connectivity index (χ3n) is 3.73. The van der Waals surface area contributed by atoms with Crippen LogP contribution in [0.1, 0.15) is 30.6 Å². The van der Waals surface area contributed by atoms with E-state index < -0.39 is 5.97 Å². The van der Waals surface area contributed by atoms with Crippen LogP contribution in [-0.4, -0.2) is 41.7 Å². The van der Waals surface area contributed by atoms with Crippen molar-refractivity contribution < 1.29 is 19.4 Å². The third kappa shape index (κ3) is 3.26. The van der Waals surface area contributed by atoms with Gasteiger partial charge >= 0.3 is 12.0 Å². The fourth-order valence-corrected chi connectivity index (χ4v) is 2.72. The summed E-state index contributed by atoms with van der Waals surface area (Å²) in [4.78, 5) is 25.1. The largest absolute Gasteiger partial charge is 0.496 e. The van der Waals surface area contributed by atoms with Crippen molar-refractivity contribution in [1.29, 1.82) is 0 Å². The van der Waals surface area contributed by atoms with Crippen LogP contribution in [0.4, 0.5) is 10.5 Å². The van der Waals surface area contributed by atoms with E-state index in [-0.39, 0.29) is 23.4 Å². The molecule has 0 bridgehead atoms. The Morgan fingerprint density at radius 2 is 2.10 bits per heavy atom. The molecule has 1 aliphatic rings. The Labute approximate surface area is 123 Å². The van der Waals surface area contributed by atoms with E-state index in [0.717, 1.165) is 13.0 Å². The number of ether oxygens (including phenoxy) is 1. The monoisotopic (exact) mass is 292 g/mol. The van der Waals surface area contributed by atoms with Gasteiger partial charge in [-0.25, -0.2) is 9.59 Å². The number of likely N-dealkylation sites (tertiary alicyclic amines) is 1. The van der Waals surface area contributed by atoms with E-state index in [4.69, 9.17) is 9.84 Å². The number of carbonyl (C=O) groups excluding carboxylic acids is 1. The number of carboxylic acid groups (broad SMARTS) is 1. The molecule has 0 radical (unpaired) electrons. The van der Waals surface area contributed by atoms with Crippen LogP contribution >= 0.6 is 0 Å². The van der Waals surface area contributed by atoms with Gasteiger partial charge in [0.05, 0.1) is 7.11 Å². The SMILES string of the molecule is COc1cc(NC(=O)N2CC(C)CC2C)ccc1C(=O)O. The van der Waals surface area contributed by atoms with Crippen molar-refractivity contribution in [2.24, 2.45) is 5.92 Å². The topological polar surface area (TPSA) is 78.9 Å². The highest BCUT2D eigenvalue weighted by Gasteiger charge is 2.30. The average molecular weight is 292 g/mol. The van der Waals surface area contributed by atoms with Crippen LogP contribution in [-0.2, 0) is 0 Å². The molecular formula is C15H20N2O4. The molecule has 0 aromatic heterocycles. The van der Waals surface area contributed by atoms with Crippen molar-refractivity contribution >= 4 is 17.7 Å². The summed E-state index contributed by atoms with van der Waals surface area (Å²) in [6, 6.07) is 4.55. The summed E-state index contributed by atoms with van der Waals surface area (Å²) in [5.74, 6) is -0.343. The minimum Gasteiger partial charge on any atom is -0.496 e. The quantitative estimate of drug-likeness (QED) is 0.897. The van der Waals surface area contributed by atoms with E-state index >= 15 is 0 Å². The molecule has 6 nitrogen and oxygen atoms in total. The van der Waals surface area contributed by atoms with E-state index in [1.165, 1.54) is 19.2 Å². The van der Waals surface area contributed by atoms with E-state index in [1.807, 2.05) is 6.92 Å². The molecule has 1 heterocycles. The summed E-state index contributed by atoms with van der Waals surface area (Å²) < 4.78 is 5.05. The molecule has 0 aliphatic carbocycles. The van der Waals surface area contributed by atoms with Gasteiger partial charge in [-0.1, -0.05) is 6.92 Å². The molecule has 21 heavy (non-hydrogen) atoms. The molecule has 0 saturated carbocycles. The number of nitrogens with one attached hydrogen (secondary N) is 1. The highest BCUT2D eigenvalue weighted by molar-refractivity contribution is 5.94. The van der Waals surface area contributed by atoms with Crippen molar-refractivity contribution in [2.45, 2.75) is 26.3 Å². The number of carbonyl (C=O) groups is 2. The van der Waals surface area contributed by atoms with Crippen LogP contribution in [0.3, 0.4) is 0 Å². The summed E-state index contributed by atoms with van der Waals surface area (Å²) in [5, 5.41) is 11.8. The molecule has 1 saturated heterocycles. The standard InChI is InChI=1S/C15H20N2O4/c1-9-6-10(2)17(8-9)15(20)16-11-4-5-12(14(18)19)13(7-11)21-3/h4-5,7,9-10H,6,8H2,1-3H3,(H,16,20)(H,18,19). The minimum atomic E-state index is -1.06. The Morgan fingerprint density at radius 1 is 1.38 bits per heavy atom. The lowest BCUT2D eigenvalue weighted by molar-refractivity contribution is 0.0693. The van der Waals surface area contributed by atoms with Gasteiger partial charge in [-0.05, 0) is 31.4 Å². The average Bonchev–Trinajstić information content (AvgIpc) is 2.77. The van der Waals surface area contributed by atoms with Gasteiger partial charge in [-0.2, -0.15) is 0 Å². The normalized spacial score (nSPS) is 21.2. The van der Waals surface area contributed by atoms with Crippen molar-refractivity contribution in [3.63, 3.8) is 0 Å². The lowest BCUT2D eigenvalue weighted by Crippen LogP contribution is -2.37. The van der Waals surface area contributed by atoms with Crippen molar-refractivity contribution in [3.8, 4) is 5.75 Å². The van der Waals surface area contributed by atoms with Gasteiger partial charge in [0.25, 0.3) is 0 Å². The number of hydrogen-bond donors (Lipinski definition) is 2. The van der Waals surface area contributed by atoms with Crippen LogP contribution in [0.2, 0.25) is 0 Å². The summed E-state index contributed by atoms with van der Waals surface area (Å²) in [6.07, 6.45) is 0.995. The smallest absolute Gasteiger partial charge is 0.339 e. The van der Waals surface area contributed by atoms with Crippen LogP contribution in [0.5, 0.6) is 5.75 Å². The second-order valence-corrected chi connectivity index (χ2v) is 5.49. The van der Waals surface area contributed by atoms with Gasteiger partial charge in [-0.15, -0.1) is 0 Å². The van der Waals surface area contributed by atoms with Crippen molar-refractivity contribution in [2.75, 3.05) is 19.0 Å². The summed E-state index contributed by atoms with van der Waals surface area (Å²) in [6.45, 7) is 4.88. The number of aromatic carboxylic acids is 1. The molecule has 1 aliphatic heterocycles. The van der Waals surface area contributed by atoms with E-state index in [2.05, 4.69) is 12.2 Å². The number of carboxylic acids is 1. The molecule has 2 N–H and O–H groups in total. The van der Waals surface area contributed by atoms with Gasteiger partial charge in [0.2, 0.25) is 0 Å². The zero-order valence-electron chi connectivity index (χ0n) is 12.4. The van der Waals surface area contributed by atoms with E-state index in [1.54, 1.807) is 11.0 Å². The second kappa shape index (κ2) is 6.03. The number of methoxy groups -OCH3 is 1. The Balaban J connectivity index is 2.13. The number of benzene rings is 1. The number of amides is 2. The highest BCUT2D eigenvalue weighted by atomic mass is 16.5. The van der Waals surface area contributed by atoms with Crippen LogP contribution in [0.25, 0.3) is 0 Å². The zero-order chi connectivity index (χ0) is 15.6. The fourth-order valence-electron chi connectivity index (χ4n) is 2.72. The lowest BCUT2D eigenvalue weighted by Gasteiger charge is -2.22. The number of nitrogens with zero attached hydrogens (tertiary/aromatic N) is 1. The van der Waals surface area contributed by atoms with Crippen LogP contribution < -0.4 is 10.1 Å². The fraction of sp³-hybridized carbons (Fsp3) is 0.467. The van der Waals surface area contributed by atoms with Crippen LogP contribution in [0, 0.1) is 5.92 Å². The molecule has 1 aromatic rings. The van der Waals surface area contributed by atoms with Crippen LogP contribution in [0.15, 0.2) is 18.2 Å². The number of rotatable bonds is 3. The molecular weight excluding hydrogens is 272 g/mol. The van der Waals surface area contributed by atoms with Gasteiger partial charge in [0.15, 0.2) is 0 Å². The summed E-state index contributed by atoms with van der Waals surface area (Å²) in [5.41, 5.74) is 0.590. The second-order valence-electron chi connectivity index (χ2n) is 5.49. The maximum absolute atomic E-state index is 12.2. The molecule has 2 atom stereocenters. The first-order valence-electron chi connectivity index (χ1n) is 6.91.